The number of fused-ring (bicyclic) bond motifs is 4. The molecule has 4 rings (SSSR count). The summed E-state index contributed by atoms with van der Waals surface area (Å²) in [5, 5.41) is 19.1. The van der Waals surface area contributed by atoms with Crippen LogP contribution in [0.25, 0.3) is 0 Å². The molecule has 2 heterocycles. The number of rotatable bonds is 0. The lowest BCUT2D eigenvalue weighted by atomic mass is 9.73. The van der Waals surface area contributed by atoms with Crippen molar-refractivity contribution in [1.82, 2.24) is 0 Å². The molecule has 1 saturated heterocycles. The molecule has 21 heavy (non-hydrogen) atoms. The fourth-order valence-corrected chi connectivity index (χ4v) is 6.58. The maximum atomic E-state index is 10.1. The molecule has 2 aliphatic heterocycles. The Balaban J connectivity index is 1.91. The van der Waals surface area contributed by atoms with Crippen molar-refractivity contribution in [2.45, 2.75) is 37.7 Å². The number of aliphatic imine (C=N–C) groups is 1. The average Bonchev–Trinajstić information content (AvgIpc) is 2.77. The predicted octanol–water partition coefficient (Wildman–Crippen LogP) is 2.00. The van der Waals surface area contributed by atoms with Gasteiger partial charge in [0.05, 0.1) is 18.7 Å². The van der Waals surface area contributed by atoms with Gasteiger partial charge in [0, 0.05) is 11.2 Å². The highest BCUT2D eigenvalue weighted by molar-refractivity contribution is 8.00. The second-order valence-corrected chi connectivity index (χ2v) is 8.01. The monoisotopic (exact) mass is 302 g/mol. The number of ether oxygens (including phenoxy) is 1. The van der Waals surface area contributed by atoms with E-state index in [-0.39, 0.29) is 5.41 Å². The predicted molar refractivity (Wildman–Crippen MR) is 78.9 cm³/mol. The van der Waals surface area contributed by atoms with Gasteiger partial charge in [-0.2, -0.15) is 10.5 Å². The first kappa shape index (κ1) is 13.4. The SMILES string of the molecule is CC1CCC2(CC1)[C@]1(C#N)[C@@]3(N=C(N)[C@]21C#N)OCCS3. The van der Waals surface area contributed by atoms with Crippen LogP contribution >= 0.6 is 11.8 Å². The smallest absolute Gasteiger partial charge is 0.230 e. The lowest BCUT2D eigenvalue weighted by Crippen LogP contribution is -2.38. The van der Waals surface area contributed by atoms with Gasteiger partial charge in [-0.1, -0.05) is 31.5 Å². The largest absolute Gasteiger partial charge is 0.386 e. The van der Waals surface area contributed by atoms with Crippen LogP contribution < -0.4 is 5.73 Å². The minimum Gasteiger partial charge on any atom is -0.386 e. The number of thioether (sulfide) groups is 1. The number of nitrogens with zero attached hydrogens (tertiary/aromatic N) is 3. The number of amidine groups is 1. The van der Waals surface area contributed by atoms with Crippen LogP contribution in [0.5, 0.6) is 0 Å². The normalized spacial score (nSPS) is 54.0. The maximum absolute atomic E-state index is 10.1. The van der Waals surface area contributed by atoms with Crippen molar-refractivity contribution in [2.24, 2.45) is 32.9 Å². The molecule has 5 nitrogen and oxygen atoms in total. The van der Waals surface area contributed by atoms with E-state index in [9.17, 15) is 10.5 Å². The topological polar surface area (TPSA) is 95.2 Å². The molecule has 0 unspecified atom stereocenters. The molecule has 2 N–H and O–H groups in total. The molecular weight excluding hydrogens is 284 g/mol. The number of hydrogen-bond donors (Lipinski definition) is 1. The molecular formula is C15H18N4OS. The molecule has 110 valence electrons. The molecule has 0 aromatic heterocycles. The van der Waals surface area contributed by atoms with Gasteiger partial charge in [0.1, 0.15) is 11.3 Å². The Morgan fingerprint density at radius 1 is 1.33 bits per heavy atom. The molecule has 0 aromatic rings. The van der Waals surface area contributed by atoms with Crippen LogP contribution in [0.4, 0.5) is 0 Å². The molecule has 2 aliphatic carbocycles. The summed E-state index contributed by atoms with van der Waals surface area (Å²) in [5.74, 6) is 1.78. The standard InChI is InChI=1S/C15H18N4OS/c1-10-2-4-12(5-3-10)13(8-16)11(18)19-15(14(12,13)9-17)20-6-7-21-15/h10H,2-7H2,1H3,(H2,18,19)/t10?,12?,13-,14+,15-/m1/s1. The molecule has 3 fully saturated rings. The zero-order valence-corrected chi connectivity index (χ0v) is 12.9. The van der Waals surface area contributed by atoms with Crippen LogP contribution in [-0.4, -0.2) is 23.3 Å². The number of hydrogen-bond acceptors (Lipinski definition) is 6. The highest BCUT2D eigenvalue weighted by Gasteiger charge is 2.99. The van der Waals surface area contributed by atoms with Crippen molar-refractivity contribution in [3.8, 4) is 12.1 Å². The van der Waals surface area contributed by atoms with E-state index >= 15 is 0 Å². The van der Waals surface area contributed by atoms with Crippen LogP contribution in [0.15, 0.2) is 4.99 Å². The summed E-state index contributed by atoms with van der Waals surface area (Å²) in [6.07, 6.45) is 3.83. The van der Waals surface area contributed by atoms with Crippen molar-refractivity contribution in [3.05, 3.63) is 0 Å². The minimum atomic E-state index is -0.942. The van der Waals surface area contributed by atoms with E-state index in [2.05, 4.69) is 24.1 Å². The van der Waals surface area contributed by atoms with Crippen molar-refractivity contribution in [3.63, 3.8) is 0 Å². The second-order valence-electron chi connectivity index (χ2n) is 6.76. The Labute approximate surface area is 128 Å². The minimum absolute atomic E-state index is 0.329. The fourth-order valence-electron chi connectivity index (χ4n) is 5.19. The molecule has 4 aliphatic rings. The molecule has 6 heteroatoms. The van der Waals surface area contributed by atoms with Gasteiger partial charge < -0.3 is 10.5 Å². The zero-order chi connectivity index (χ0) is 14.9. The highest BCUT2D eigenvalue weighted by Crippen LogP contribution is 2.90. The Bertz CT molecular complexity index is 619. The third-order valence-corrected chi connectivity index (χ3v) is 7.48. The van der Waals surface area contributed by atoms with Crippen molar-refractivity contribution < 1.29 is 4.74 Å². The van der Waals surface area contributed by atoms with Gasteiger partial charge >= 0.3 is 0 Å². The van der Waals surface area contributed by atoms with Gasteiger partial charge in [-0.3, -0.25) is 0 Å². The lowest BCUT2D eigenvalue weighted by molar-refractivity contribution is 0.00122. The molecule has 0 aromatic carbocycles. The van der Waals surface area contributed by atoms with Crippen LogP contribution in [0.1, 0.15) is 32.6 Å². The van der Waals surface area contributed by atoms with Crippen LogP contribution in [0.2, 0.25) is 0 Å². The first-order chi connectivity index (χ1) is 10.1. The van der Waals surface area contributed by atoms with Crippen molar-refractivity contribution in [1.29, 1.82) is 10.5 Å². The van der Waals surface area contributed by atoms with E-state index < -0.39 is 15.9 Å². The molecule has 2 saturated carbocycles. The van der Waals surface area contributed by atoms with E-state index in [1.54, 1.807) is 11.8 Å². The summed E-state index contributed by atoms with van der Waals surface area (Å²) in [4.78, 5) is 4.50. The van der Waals surface area contributed by atoms with Gasteiger partial charge in [-0.05, 0) is 18.8 Å². The highest BCUT2D eigenvalue weighted by atomic mass is 32.2. The summed E-state index contributed by atoms with van der Waals surface area (Å²) in [5.41, 5.74) is 4.01. The van der Waals surface area contributed by atoms with Gasteiger partial charge in [-0.25, -0.2) is 4.99 Å². The molecule has 2 spiro atoms. The summed E-state index contributed by atoms with van der Waals surface area (Å²) >= 11 is 1.55. The Kier molecular flexibility index (Phi) is 2.39. The maximum Gasteiger partial charge on any atom is 0.230 e. The first-order valence-electron chi connectivity index (χ1n) is 7.52. The third kappa shape index (κ3) is 1.05. The molecule has 0 radical (unpaired) electrons. The van der Waals surface area contributed by atoms with Gasteiger partial charge in [0.25, 0.3) is 0 Å². The zero-order valence-electron chi connectivity index (χ0n) is 12.1. The third-order valence-electron chi connectivity index (χ3n) is 6.20. The summed E-state index contributed by atoms with van der Waals surface area (Å²) in [6.45, 7) is 2.80. The average molecular weight is 302 g/mol. The van der Waals surface area contributed by atoms with Gasteiger partial charge in [0.2, 0.25) is 5.06 Å². The van der Waals surface area contributed by atoms with E-state index in [4.69, 9.17) is 10.5 Å². The fraction of sp³-hybridized carbons (Fsp3) is 0.800. The van der Waals surface area contributed by atoms with E-state index in [1.165, 1.54) is 0 Å². The second kappa shape index (κ2) is 3.74. The quantitative estimate of drug-likeness (QED) is 0.738. The van der Waals surface area contributed by atoms with Gasteiger partial charge in [-0.15, -0.1) is 0 Å². The summed E-state index contributed by atoms with van der Waals surface area (Å²) < 4.78 is 5.92. The van der Waals surface area contributed by atoms with Crippen LogP contribution in [0.3, 0.4) is 0 Å². The Morgan fingerprint density at radius 3 is 2.57 bits per heavy atom. The van der Waals surface area contributed by atoms with E-state index in [0.717, 1.165) is 31.4 Å². The summed E-state index contributed by atoms with van der Waals surface area (Å²) in [7, 11) is 0. The van der Waals surface area contributed by atoms with Crippen molar-refractivity contribution in [2.75, 3.05) is 12.4 Å². The van der Waals surface area contributed by atoms with Crippen LogP contribution in [-0.2, 0) is 4.74 Å². The van der Waals surface area contributed by atoms with Crippen molar-refractivity contribution >= 4 is 17.6 Å². The van der Waals surface area contributed by atoms with E-state index in [0.29, 0.717) is 18.4 Å². The van der Waals surface area contributed by atoms with Crippen LogP contribution in [0, 0.1) is 44.8 Å². The first-order valence-corrected chi connectivity index (χ1v) is 8.51. The molecule has 0 bridgehead atoms. The number of nitrogens with two attached hydrogens (primary N) is 1. The molecule has 0 amide bonds. The van der Waals surface area contributed by atoms with E-state index in [1.807, 2.05) is 0 Å². The lowest BCUT2D eigenvalue weighted by Gasteiger charge is -2.35. The van der Waals surface area contributed by atoms with Gasteiger partial charge in [0.15, 0.2) is 5.41 Å². The Hall–Kier alpha value is -1.24. The number of nitriles is 2. The summed E-state index contributed by atoms with van der Waals surface area (Å²) in [6, 6.07) is 4.89. The molecule has 3 atom stereocenters. The Morgan fingerprint density at radius 2 is 2.05 bits per heavy atom.